The Hall–Kier alpha value is -2.32. The Labute approximate surface area is 149 Å². The van der Waals surface area contributed by atoms with Crippen molar-refractivity contribution in [3.8, 4) is 5.75 Å². The maximum absolute atomic E-state index is 10.4. The molecule has 0 fully saturated rings. The fourth-order valence-electron chi connectivity index (χ4n) is 2.77. The quantitative estimate of drug-likeness (QED) is 0.605. The number of benzene rings is 2. The predicted octanol–water partition coefficient (Wildman–Crippen LogP) is 4.82. The third-order valence-electron chi connectivity index (χ3n) is 4.12. The van der Waals surface area contributed by atoms with E-state index in [1.54, 1.807) is 30.3 Å². The first-order chi connectivity index (χ1) is 12.1. The van der Waals surface area contributed by atoms with Crippen LogP contribution in [0.1, 0.15) is 55.9 Å². The summed E-state index contributed by atoms with van der Waals surface area (Å²) in [5, 5.41) is 30.4. The van der Waals surface area contributed by atoms with Crippen LogP contribution < -0.4 is 0 Å². The van der Waals surface area contributed by atoms with Crippen LogP contribution in [0.5, 0.6) is 5.75 Å². The zero-order valence-corrected chi connectivity index (χ0v) is 14.6. The van der Waals surface area contributed by atoms with Gasteiger partial charge in [0.1, 0.15) is 5.75 Å². The highest BCUT2D eigenvalue weighted by Crippen LogP contribution is 2.26. The Bertz CT molecular complexity index is 715. The molecule has 0 saturated carbocycles. The average molecular weight is 338 g/mol. The third kappa shape index (κ3) is 5.91. The van der Waals surface area contributed by atoms with Gasteiger partial charge in [-0.2, -0.15) is 0 Å². The van der Waals surface area contributed by atoms with Gasteiger partial charge >= 0.3 is 0 Å². The molecule has 0 aliphatic heterocycles. The summed E-state index contributed by atoms with van der Waals surface area (Å²) in [5.74, 6) is 0.0978. The zero-order chi connectivity index (χ0) is 18.1. The molecule has 2 rings (SSSR count). The Balaban J connectivity index is 2.05. The number of aliphatic hydroxyl groups is 2. The number of rotatable bonds is 8. The number of aliphatic hydroxyl groups excluding tert-OH is 2. The Morgan fingerprint density at radius 3 is 2.36 bits per heavy atom. The van der Waals surface area contributed by atoms with Crippen molar-refractivity contribution in [3.05, 3.63) is 83.1 Å². The van der Waals surface area contributed by atoms with E-state index in [9.17, 15) is 15.3 Å². The van der Waals surface area contributed by atoms with Gasteiger partial charge < -0.3 is 15.3 Å². The van der Waals surface area contributed by atoms with Crippen LogP contribution in [0.2, 0.25) is 0 Å². The fraction of sp³-hybridized carbons (Fsp3) is 0.318. The second kappa shape index (κ2) is 9.85. The van der Waals surface area contributed by atoms with E-state index < -0.39 is 12.2 Å². The van der Waals surface area contributed by atoms with Crippen LogP contribution in [-0.4, -0.2) is 15.3 Å². The molecule has 3 N–H and O–H groups in total. The van der Waals surface area contributed by atoms with Gasteiger partial charge in [-0.3, -0.25) is 0 Å². The summed E-state index contributed by atoms with van der Waals surface area (Å²) in [6.07, 6.45) is 3.20. The largest absolute Gasteiger partial charge is 0.508 e. The first kappa shape index (κ1) is 19.0. The minimum atomic E-state index is -0.768. The number of para-hydroxylation sites is 1. The number of aromatic hydroxyl groups is 1. The molecule has 0 radical (unpaired) electrons. The van der Waals surface area contributed by atoms with Gasteiger partial charge in [0.15, 0.2) is 0 Å². The first-order valence-corrected chi connectivity index (χ1v) is 8.73. The van der Waals surface area contributed by atoms with E-state index in [1.807, 2.05) is 30.3 Å². The molecule has 3 heteroatoms. The van der Waals surface area contributed by atoms with Crippen LogP contribution in [0.3, 0.4) is 0 Å². The number of hydrogen-bond donors (Lipinski definition) is 3. The summed E-state index contributed by atoms with van der Waals surface area (Å²) in [7, 11) is 0. The maximum Gasteiger partial charge on any atom is 0.121 e. The summed E-state index contributed by atoms with van der Waals surface area (Å²) >= 11 is 0. The molecule has 3 nitrogen and oxygen atoms in total. The molecule has 0 bridgehead atoms. The molecule has 0 heterocycles. The smallest absolute Gasteiger partial charge is 0.121 e. The van der Waals surface area contributed by atoms with Gasteiger partial charge in [0.05, 0.1) is 12.2 Å². The Kier molecular flexibility index (Phi) is 7.49. The van der Waals surface area contributed by atoms with Crippen molar-refractivity contribution in [2.24, 2.45) is 0 Å². The molecule has 2 aromatic carbocycles. The van der Waals surface area contributed by atoms with Crippen molar-refractivity contribution in [2.75, 3.05) is 0 Å². The van der Waals surface area contributed by atoms with Gasteiger partial charge in [-0.1, -0.05) is 61.9 Å². The van der Waals surface area contributed by atoms with Crippen molar-refractivity contribution in [1.29, 1.82) is 0 Å². The van der Waals surface area contributed by atoms with Gasteiger partial charge in [-0.25, -0.2) is 0 Å². The summed E-state index contributed by atoms with van der Waals surface area (Å²) in [5.41, 5.74) is 5.67. The Morgan fingerprint density at radius 1 is 1.00 bits per heavy atom. The molecule has 132 valence electrons. The lowest BCUT2D eigenvalue weighted by molar-refractivity contribution is 0.176. The summed E-state index contributed by atoms with van der Waals surface area (Å²) in [4.78, 5) is 0. The van der Waals surface area contributed by atoms with E-state index in [2.05, 4.69) is 12.7 Å². The molecule has 25 heavy (non-hydrogen) atoms. The molecule has 2 atom stereocenters. The molecule has 0 spiro atoms. The lowest BCUT2D eigenvalue weighted by atomic mass is 9.99. The monoisotopic (exact) mass is 338 g/mol. The Morgan fingerprint density at radius 2 is 1.68 bits per heavy atom. The van der Waals surface area contributed by atoms with Crippen molar-refractivity contribution in [1.82, 2.24) is 0 Å². The lowest BCUT2D eigenvalue weighted by Crippen LogP contribution is -1.99. The topological polar surface area (TPSA) is 60.7 Å². The van der Waals surface area contributed by atoms with Crippen molar-refractivity contribution in [2.45, 2.75) is 44.8 Å². The molecule has 0 amide bonds. The molecular formula is C22H26O3. The van der Waals surface area contributed by atoms with Gasteiger partial charge in [0, 0.05) is 18.4 Å². The van der Waals surface area contributed by atoms with E-state index >= 15 is 0 Å². The lowest BCUT2D eigenvalue weighted by Gasteiger charge is -2.12. The number of hydrogen-bond acceptors (Lipinski definition) is 3. The first-order valence-electron chi connectivity index (χ1n) is 8.73. The van der Waals surface area contributed by atoms with E-state index in [-0.39, 0.29) is 5.75 Å². The summed E-state index contributed by atoms with van der Waals surface area (Å²) < 4.78 is 0. The minimum Gasteiger partial charge on any atom is -0.508 e. The molecule has 0 aromatic heterocycles. The molecule has 0 aliphatic rings. The fourth-order valence-corrected chi connectivity index (χ4v) is 2.77. The van der Waals surface area contributed by atoms with Crippen LogP contribution >= 0.6 is 0 Å². The normalized spacial score (nSPS) is 12.9. The van der Waals surface area contributed by atoms with Gasteiger partial charge in [-0.05, 0) is 29.7 Å². The third-order valence-corrected chi connectivity index (χ3v) is 4.12. The van der Waals surface area contributed by atoms with Crippen molar-refractivity contribution >= 4 is 0 Å². The van der Waals surface area contributed by atoms with E-state index in [1.165, 1.54) is 0 Å². The molecule has 0 saturated heterocycles. The van der Waals surface area contributed by atoms with E-state index in [4.69, 9.17) is 0 Å². The molecular weight excluding hydrogens is 312 g/mol. The van der Waals surface area contributed by atoms with Gasteiger partial charge in [-0.15, -0.1) is 5.73 Å². The van der Waals surface area contributed by atoms with E-state index in [0.29, 0.717) is 18.4 Å². The highest BCUT2D eigenvalue weighted by atomic mass is 16.3. The maximum atomic E-state index is 10.4. The molecule has 0 aliphatic carbocycles. The van der Waals surface area contributed by atoms with Crippen molar-refractivity contribution < 1.29 is 15.3 Å². The van der Waals surface area contributed by atoms with Crippen LogP contribution in [-0.2, 0) is 0 Å². The molecule has 2 aromatic rings. The highest BCUT2D eigenvalue weighted by Gasteiger charge is 2.11. The van der Waals surface area contributed by atoms with E-state index in [0.717, 1.165) is 24.0 Å². The highest BCUT2D eigenvalue weighted by molar-refractivity contribution is 5.33. The van der Waals surface area contributed by atoms with Gasteiger partial charge in [0.25, 0.3) is 0 Å². The second-order valence-electron chi connectivity index (χ2n) is 6.14. The average Bonchev–Trinajstić information content (AvgIpc) is 2.62. The van der Waals surface area contributed by atoms with Crippen LogP contribution in [0.15, 0.2) is 72.0 Å². The number of phenolic OH excluding ortho intramolecular Hbond substituents is 1. The summed E-state index contributed by atoms with van der Waals surface area (Å²) in [6, 6.07) is 16.4. The van der Waals surface area contributed by atoms with Gasteiger partial charge in [0.2, 0.25) is 0 Å². The molecule has 0 unspecified atom stereocenters. The number of phenols is 1. The SMILES string of the molecule is CCCC(=C=CC[C@@H](O)c1ccccc1O)C[C@@H](O)c1ccccc1. The van der Waals surface area contributed by atoms with Crippen LogP contribution in [0, 0.1) is 0 Å². The van der Waals surface area contributed by atoms with Crippen LogP contribution in [0.25, 0.3) is 0 Å². The minimum absolute atomic E-state index is 0.0978. The van der Waals surface area contributed by atoms with Crippen molar-refractivity contribution in [3.63, 3.8) is 0 Å². The predicted molar refractivity (Wildman–Crippen MR) is 100 cm³/mol. The summed E-state index contributed by atoms with van der Waals surface area (Å²) in [6.45, 7) is 2.09. The second-order valence-corrected chi connectivity index (χ2v) is 6.14. The zero-order valence-electron chi connectivity index (χ0n) is 14.6. The standard InChI is InChI=1S/C22H26O3/c1-2-9-17(16-22(25)18-11-4-3-5-12-18)10-8-15-21(24)19-13-6-7-14-20(19)23/h3-8,11-14,21-25H,2,9,15-16H2,1H3/t10?,21-,22-/m1/s1. The van der Waals surface area contributed by atoms with Crippen LogP contribution in [0.4, 0.5) is 0 Å².